The average Bonchev–Trinajstić information content (AvgIpc) is 2.49. The van der Waals surface area contributed by atoms with Crippen molar-refractivity contribution in [3.05, 3.63) is 57.9 Å². The van der Waals surface area contributed by atoms with Crippen molar-refractivity contribution >= 4 is 23.0 Å². The molecule has 2 rings (SSSR count). The number of nitrogens with two attached hydrogens (primary N) is 1. The smallest absolute Gasteiger partial charge is 0.296 e. The largest absolute Gasteiger partial charge is 0.496 e. The molecule has 0 aliphatic carbocycles. The van der Waals surface area contributed by atoms with Gasteiger partial charge in [-0.25, -0.2) is 4.39 Å². The lowest BCUT2D eigenvalue weighted by molar-refractivity contribution is -0.384. The van der Waals surface area contributed by atoms with Gasteiger partial charge in [0.05, 0.1) is 23.7 Å². The molecule has 8 heteroatoms. The third kappa shape index (κ3) is 3.11. The van der Waals surface area contributed by atoms with Gasteiger partial charge in [0, 0.05) is 5.69 Å². The fourth-order valence-corrected chi connectivity index (χ4v) is 1.81. The van der Waals surface area contributed by atoms with Gasteiger partial charge >= 0.3 is 0 Å². The van der Waals surface area contributed by atoms with Crippen LogP contribution < -0.4 is 15.8 Å². The first-order valence-corrected chi connectivity index (χ1v) is 6.11. The molecule has 7 nitrogen and oxygen atoms in total. The molecule has 2 aromatic rings. The quantitative estimate of drug-likeness (QED) is 0.513. The topological polar surface area (TPSA) is 107 Å². The molecular formula is C14H12FN3O4. The number of nitrogens with zero attached hydrogens (tertiary/aromatic N) is 1. The number of nitro benzene ring substituents is 1. The number of amides is 1. The highest BCUT2D eigenvalue weighted by Gasteiger charge is 2.19. The molecule has 22 heavy (non-hydrogen) atoms. The normalized spacial score (nSPS) is 10.1. The predicted molar refractivity (Wildman–Crippen MR) is 78.4 cm³/mol. The molecule has 0 bridgehead atoms. The average molecular weight is 305 g/mol. The molecule has 114 valence electrons. The fourth-order valence-electron chi connectivity index (χ4n) is 1.81. The summed E-state index contributed by atoms with van der Waals surface area (Å²) < 4.78 is 18.1. The second-order valence-corrected chi connectivity index (χ2v) is 4.33. The summed E-state index contributed by atoms with van der Waals surface area (Å²) >= 11 is 0. The van der Waals surface area contributed by atoms with Gasteiger partial charge in [0.15, 0.2) is 0 Å². The van der Waals surface area contributed by atoms with E-state index in [0.717, 1.165) is 12.1 Å². The number of hydrogen-bond donors (Lipinski definition) is 2. The number of nitrogens with one attached hydrogen (secondary N) is 1. The van der Waals surface area contributed by atoms with Crippen LogP contribution in [0, 0.1) is 15.9 Å². The summed E-state index contributed by atoms with van der Waals surface area (Å²) in [5, 5.41) is 13.4. The van der Waals surface area contributed by atoms with Gasteiger partial charge in [-0.1, -0.05) is 0 Å². The third-order valence-electron chi connectivity index (χ3n) is 2.91. The van der Waals surface area contributed by atoms with E-state index >= 15 is 0 Å². The van der Waals surface area contributed by atoms with E-state index in [0.29, 0.717) is 0 Å². The first-order chi connectivity index (χ1) is 10.4. The summed E-state index contributed by atoms with van der Waals surface area (Å²) in [6.07, 6.45) is 0. The van der Waals surface area contributed by atoms with Crippen molar-refractivity contribution in [2.45, 2.75) is 0 Å². The van der Waals surface area contributed by atoms with Crippen LogP contribution in [0.4, 0.5) is 21.5 Å². The minimum absolute atomic E-state index is 0.0422. The van der Waals surface area contributed by atoms with Crippen LogP contribution in [0.5, 0.6) is 5.75 Å². The number of methoxy groups -OCH3 is 1. The van der Waals surface area contributed by atoms with Gasteiger partial charge in [-0.2, -0.15) is 0 Å². The number of carbonyl (C=O) groups is 1. The summed E-state index contributed by atoms with van der Waals surface area (Å²) in [6, 6.07) is 7.26. The van der Waals surface area contributed by atoms with Crippen LogP contribution in [-0.4, -0.2) is 17.9 Å². The van der Waals surface area contributed by atoms with Crippen molar-refractivity contribution in [3.8, 4) is 5.75 Å². The highest BCUT2D eigenvalue weighted by molar-refractivity contribution is 6.08. The highest BCUT2D eigenvalue weighted by Crippen LogP contribution is 2.29. The molecule has 0 spiro atoms. The number of hydrogen-bond acceptors (Lipinski definition) is 5. The number of ether oxygens (including phenoxy) is 1. The zero-order valence-corrected chi connectivity index (χ0v) is 11.5. The Morgan fingerprint density at radius 1 is 1.32 bits per heavy atom. The van der Waals surface area contributed by atoms with E-state index < -0.39 is 16.6 Å². The second kappa shape index (κ2) is 6.08. The van der Waals surface area contributed by atoms with Crippen molar-refractivity contribution < 1.29 is 18.8 Å². The second-order valence-electron chi connectivity index (χ2n) is 4.33. The number of nitrogen functional groups attached to an aromatic ring is 1. The lowest BCUT2D eigenvalue weighted by Crippen LogP contribution is -2.15. The summed E-state index contributed by atoms with van der Waals surface area (Å²) in [5.41, 5.74) is 5.18. The lowest BCUT2D eigenvalue weighted by atomic mass is 10.1. The van der Waals surface area contributed by atoms with Gasteiger partial charge in [0.25, 0.3) is 11.6 Å². The first kappa shape index (κ1) is 15.2. The Labute approximate surface area is 124 Å². The van der Waals surface area contributed by atoms with E-state index in [9.17, 15) is 19.3 Å². The minimum atomic E-state index is -0.745. The van der Waals surface area contributed by atoms with Crippen LogP contribution in [0.25, 0.3) is 0 Å². The molecule has 0 heterocycles. The lowest BCUT2D eigenvalue weighted by Gasteiger charge is -2.09. The van der Waals surface area contributed by atoms with E-state index in [-0.39, 0.29) is 28.4 Å². The molecule has 2 aromatic carbocycles. The highest BCUT2D eigenvalue weighted by atomic mass is 19.1. The molecule has 0 atom stereocenters. The van der Waals surface area contributed by atoms with Crippen molar-refractivity contribution in [1.29, 1.82) is 0 Å². The van der Waals surface area contributed by atoms with Crippen molar-refractivity contribution in [2.75, 3.05) is 18.2 Å². The Bertz CT molecular complexity index is 749. The van der Waals surface area contributed by atoms with Crippen LogP contribution in [0.3, 0.4) is 0 Å². The van der Waals surface area contributed by atoms with Gasteiger partial charge < -0.3 is 15.8 Å². The van der Waals surface area contributed by atoms with E-state index in [2.05, 4.69) is 5.32 Å². The maximum absolute atomic E-state index is 13.2. The summed E-state index contributed by atoms with van der Waals surface area (Å²) in [4.78, 5) is 22.5. The Hall–Kier alpha value is -3.16. The van der Waals surface area contributed by atoms with Crippen molar-refractivity contribution in [3.63, 3.8) is 0 Å². The van der Waals surface area contributed by atoms with Gasteiger partial charge in [0.1, 0.15) is 17.3 Å². The molecule has 0 saturated carbocycles. The Balaban J connectivity index is 2.36. The zero-order valence-electron chi connectivity index (χ0n) is 11.5. The van der Waals surface area contributed by atoms with E-state index in [1.807, 2.05) is 0 Å². The molecule has 0 fully saturated rings. The molecule has 0 unspecified atom stereocenters. The Morgan fingerprint density at radius 3 is 2.68 bits per heavy atom. The molecular weight excluding hydrogens is 293 g/mol. The van der Waals surface area contributed by atoms with E-state index in [4.69, 9.17) is 10.5 Å². The maximum Gasteiger partial charge on any atom is 0.296 e. The molecule has 0 saturated heterocycles. The van der Waals surface area contributed by atoms with Crippen LogP contribution in [0.15, 0.2) is 36.4 Å². The number of halogens is 1. The number of rotatable bonds is 4. The van der Waals surface area contributed by atoms with Crippen molar-refractivity contribution in [2.24, 2.45) is 0 Å². The molecule has 0 aromatic heterocycles. The van der Waals surface area contributed by atoms with Crippen LogP contribution in [0.1, 0.15) is 10.4 Å². The van der Waals surface area contributed by atoms with Gasteiger partial charge in [-0.3, -0.25) is 14.9 Å². The maximum atomic E-state index is 13.2. The standard InChI is InChI=1S/C14H12FN3O4/c1-22-9-3-5-12(13(7-9)18(20)21)17-14(19)10-6-8(15)2-4-11(10)16/h2-7H,16H2,1H3,(H,17,19). The number of carbonyl (C=O) groups excluding carboxylic acids is 1. The zero-order chi connectivity index (χ0) is 16.3. The Kier molecular flexibility index (Phi) is 4.21. The van der Waals surface area contributed by atoms with Gasteiger partial charge in [0.2, 0.25) is 0 Å². The third-order valence-corrected chi connectivity index (χ3v) is 2.91. The molecule has 0 aliphatic rings. The summed E-state index contributed by atoms with van der Waals surface area (Å²) in [5.74, 6) is -1.11. The first-order valence-electron chi connectivity index (χ1n) is 6.11. The summed E-state index contributed by atoms with van der Waals surface area (Å²) in [7, 11) is 1.37. The van der Waals surface area contributed by atoms with Gasteiger partial charge in [-0.15, -0.1) is 0 Å². The van der Waals surface area contributed by atoms with Crippen molar-refractivity contribution in [1.82, 2.24) is 0 Å². The van der Waals surface area contributed by atoms with E-state index in [1.165, 1.54) is 31.4 Å². The predicted octanol–water partition coefficient (Wildman–Crippen LogP) is 2.58. The molecule has 1 amide bonds. The number of benzene rings is 2. The SMILES string of the molecule is COc1ccc(NC(=O)c2cc(F)ccc2N)c([N+](=O)[O-])c1. The monoisotopic (exact) mass is 305 g/mol. The van der Waals surface area contributed by atoms with Gasteiger partial charge in [-0.05, 0) is 30.3 Å². The Morgan fingerprint density at radius 2 is 2.05 bits per heavy atom. The molecule has 0 radical (unpaired) electrons. The minimum Gasteiger partial charge on any atom is -0.496 e. The molecule has 0 aliphatic heterocycles. The summed E-state index contributed by atoms with van der Waals surface area (Å²) in [6.45, 7) is 0. The molecule has 3 N–H and O–H groups in total. The van der Waals surface area contributed by atoms with Crippen LogP contribution >= 0.6 is 0 Å². The van der Waals surface area contributed by atoms with E-state index in [1.54, 1.807) is 0 Å². The van der Waals surface area contributed by atoms with Crippen LogP contribution in [0.2, 0.25) is 0 Å². The van der Waals surface area contributed by atoms with Crippen LogP contribution in [-0.2, 0) is 0 Å². The number of nitro groups is 1. The fraction of sp³-hybridized carbons (Fsp3) is 0.0714. The number of anilines is 2.